The van der Waals surface area contributed by atoms with E-state index in [4.69, 9.17) is 4.74 Å². The van der Waals surface area contributed by atoms with E-state index in [1.165, 1.54) is 0 Å². The molecule has 2 aromatic rings. The van der Waals surface area contributed by atoms with Gasteiger partial charge in [-0.15, -0.1) is 0 Å². The summed E-state index contributed by atoms with van der Waals surface area (Å²) in [5, 5.41) is 1.54. The smallest absolute Gasteiger partial charge is 0.226 e. The molecule has 0 fully saturated rings. The first-order valence-corrected chi connectivity index (χ1v) is 6.17. The van der Waals surface area contributed by atoms with Crippen molar-refractivity contribution in [3.63, 3.8) is 0 Å². The van der Waals surface area contributed by atoms with Crippen molar-refractivity contribution in [2.75, 3.05) is 7.11 Å². The van der Waals surface area contributed by atoms with Gasteiger partial charge in [-0.05, 0) is 12.1 Å². The van der Waals surface area contributed by atoms with Crippen LogP contribution < -0.4 is 4.74 Å². The average molecular weight is 249 g/mol. The Morgan fingerprint density at radius 1 is 1.24 bits per heavy atom. The fraction of sp³-hybridized carbons (Fsp3) is 0.417. The maximum absolute atomic E-state index is 5.28. The number of hydrogen-bond donors (Lipinski definition) is 0. The van der Waals surface area contributed by atoms with Gasteiger partial charge in [-0.2, -0.15) is 4.98 Å². The van der Waals surface area contributed by atoms with Crippen LogP contribution in [0.5, 0.6) is 5.88 Å². The standard InChI is InChI=1S/C12H15N3OS/c1-12(2,3)17-11-14-9-8(6-5-7-13-9)10(15-11)16-4/h5-7H,1-4H3. The number of thioether (sulfide) groups is 1. The molecule has 17 heavy (non-hydrogen) atoms. The number of ether oxygens (including phenoxy) is 1. The summed E-state index contributed by atoms with van der Waals surface area (Å²) < 4.78 is 5.34. The van der Waals surface area contributed by atoms with Crippen molar-refractivity contribution >= 4 is 22.8 Å². The van der Waals surface area contributed by atoms with E-state index >= 15 is 0 Å². The summed E-state index contributed by atoms with van der Waals surface area (Å²) in [6.07, 6.45) is 1.72. The van der Waals surface area contributed by atoms with Crippen molar-refractivity contribution in [2.45, 2.75) is 30.7 Å². The first kappa shape index (κ1) is 12.1. The van der Waals surface area contributed by atoms with E-state index in [0.717, 1.165) is 5.39 Å². The maximum Gasteiger partial charge on any atom is 0.226 e. The molecule has 0 aliphatic rings. The topological polar surface area (TPSA) is 47.9 Å². The lowest BCUT2D eigenvalue weighted by Gasteiger charge is -2.16. The number of nitrogens with zero attached hydrogens (tertiary/aromatic N) is 3. The molecular weight excluding hydrogens is 234 g/mol. The third kappa shape index (κ3) is 2.85. The molecule has 0 aliphatic carbocycles. The normalized spacial score (nSPS) is 11.8. The monoisotopic (exact) mass is 249 g/mol. The number of pyridine rings is 1. The zero-order valence-electron chi connectivity index (χ0n) is 10.4. The fourth-order valence-corrected chi connectivity index (χ4v) is 2.20. The van der Waals surface area contributed by atoms with Gasteiger partial charge in [0.1, 0.15) is 0 Å². The minimum absolute atomic E-state index is 0.0630. The Morgan fingerprint density at radius 3 is 2.65 bits per heavy atom. The second kappa shape index (κ2) is 4.49. The Bertz CT molecular complexity index is 537. The molecule has 0 radical (unpaired) electrons. The number of aromatic nitrogens is 3. The van der Waals surface area contributed by atoms with Gasteiger partial charge in [0.25, 0.3) is 0 Å². The number of fused-ring (bicyclic) bond motifs is 1. The number of rotatable bonds is 2. The molecule has 4 nitrogen and oxygen atoms in total. The van der Waals surface area contributed by atoms with Gasteiger partial charge >= 0.3 is 0 Å². The van der Waals surface area contributed by atoms with Crippen LogP contribution in [0.2, 0.25) is 0 Å². The van der Waals surface area contributed by atoms with Crippen LogP contribution in [0.3, 0.4) is 0 Å². The van der Waals surface area contributed by atoms with Gasteiger partial charge in [0.2, 0.25) is 5.88 Å². The van der Waals surface area contributed by atoms with Gasteiger partial charge in [0.15, 0.2) is 10.8 Å². The van der Waals surface area contributed by atoms with Crippen LogP contribution in [-0.2, 0) is 0 Å². The van der Waals surface area contributed by atoms with Crippen LogP contribution in [-0.4, -0.2) is 26.8 Å². The maximum atomic E-state index is 5.28. The molecule has 90 valence electrons. The van der Waals surface area contributed by atoms with E-state index in [0.29, 0.717) is 16.7 Å². The van der Waals surface area contributed by atoms with Gasteiger partial charge < -0.3 is 4.74 Å². The zero-order chi connectivity index (χ0) is 12.5. The molecule has 2 heterocycles. The minimum atomic E-state index is 0.0630. The SMILES string of the molecule is COc1nc(SC(C)(C)C)nc2ncccc12. The highest BCUT2D eigenvalue weighted by molar-refractivity contribution is 8.00. The van der Waals surface area contributed by atoms with E-state index in [2.05, 4.69) is 35.7 Å². The lowest BCUT2D eigenvalue weighted by molar-refractivity contribution is 0.398. The predicted molar refractivity (Wildman–Crippen MR) is 69.5 cm³/mol. The van der Waals surface area contributed by atoms with E-state index in [1.54, 1.807) is 25.1 Å². The van der Waals surface area contributed by atoms with Crippen molar-refractivity contribution in [1.29, 1.82) is 0 Å². The van der Waals surface area contributed by atoms with Crippen molar-refractivity contribution in [3.8, 4) is 5.88 Å². The van der Waals surface area contributed by atoms with Gasteiger partial charge in [0.05, 0.1) is 12.5 Å². The molecular formula is C12H15N3OS. The van der Waals surface area contributed by atoms with Crippen molar-refractivity contribution in [1.82, 2.24) is 15.0 Å². The highest BCUT2D eigenvalue weighted by atomic mass is 32.2. The van der Waals surface area contributed by atoms with Crippen LogP contribution in [0.1, 0.15) is 20.8 Å². The van der Waals surface area contributed by atoms with Crippen LogP contribution in [0.15, 0.2) is 23.5 Å². The second-order valence-corrected chi connectivity index (χ2v) is 6.40. The summed E-state index contributed by atoms with van der Waals surface area (Å²) in [5.41, 5.74) is 0.672. The molecule has 0 atom stereocenters. The van der Waals surface area contributed by atoms with E-state index in [1.807, 2.05) is 12.1 Å². The largest absolute Gasteiger partial charge is 0.480 e. The van der Waals surface area contributed by atoms with Crippen LogP contribution in [0, 0.1) is 0 Å². The summed E-state index contributed by atoms with van der Waals surface area (Å²) in [6, 6.07) is 3.76. The Kier molecular flexibility index (Phi) is 3.19. The second-order valence-electron chi connectivity index (χ2n) is 4.60. The molecule has 2 rings (SSSR count). The average Bonchev–Trinajstić information content (AvgIpc) is 2.25. The van der Waals surface area contributed by atoms with Gasteiger partial charge in [-0.25, -0.2) is 9.97 Å². The molecule has 0 unspecified atom stereocenters. The van der Waals surface area contributed by atoms with Crippen molar-refractivity contribution in [2.24, 2.45) is 0 Å². The first-order chi connectivity index (χ1) is 7.99. The Balaban J connectivity index is 2.53. The minimum Gasteiger partial charge on any atom is -0.480 e. The zero-order valence-corrected chi connectivity index (χ0v) is 11.2. The predicted octanol–water partition coefficient (Wildman–Crippen LogP) is 2.92. The molecule has 0 amide bonds. The van der Waals surface area contributed by atoms with Crippen molar-refractivity contribution < 1.29 is 4.74 Å². The van der Waals surface area contributed by atoms with E-state index in [9.17, 15) is 0 Å². The lowest BCUT2D eigenvalue weighted by Crippen LogP contribution is -2.09. The summed E-state index contributed by atoms with van der Waals surface area (Å²) in [4.78, 5) is 13.1. The summed E-state index contributed by atoms with van der Waals surface area (Å²) in [6.45, 7) is 6.36. The molecule has 2 aromatic heterocycles. The first-order valence-electron chi connectivity index (χ1n) is 5.35. The number of hydrogen-bond acceptors (Lipinski definition) is 5. The molecule has 0 saturated heterocycles. The molecule has 0 aliphatic heterocycles. The molecule has 0 N–H and O–H groups in total. The highest BCUT2D eigenvalue weighted by Gasteiger charge is 2.16. The van der Waals surface area contributed by atoms with Crippen LogP contribution in [0.25, 0.3) is 11.0 Å². The quantitative estimate of drug-likeness (QED) is 0.605. The fourth-order valence-electron chi connectivity index (χ4n) is 1.39. The van der Waals surface area contributed by atoms with Gasteiger partial charge in [0, 0.05) is 10.9 Å². The van der Waals surface area contributed by atoms with Gasteiger partial charge in [-0.3, -0.25) is 0 Å². The Labute approximate surface area is 105 Å². The number of methoxy groups -OCH3 is 1. The highest BCUT2D eigenvalue weighted by Crippen LogP contribution is 2.32. The summed E-state index contributed by atoms with van der Waals surface area (Å²) in [5.74, 6) is 0.579. The van der Waals surface area contributed by atoms with Crippen LogP contribution >= 0.6 is 11.8 Å². The van der Waals surface area contributed by atoms with E-state index < -0.39 is 0 Å². The molecule has 0 aromatic carbocycles. The molecule has 0 bridgehead atoms. The Morgan fingerprint density at radius 2 is 2.00 bits per heavy atom. The molecule has 0 saturated carbocycles. The summed E-state index contributed by atoms with van der Waals surface area (Å²) >= 11 is 1.60. The third-order valence-corrected chi connectivity index (χ3v) is 2.98. The van der Waals surface area contributed by atoms with E-state index in [-0.39, 0.29) is 4.75 Å². The molecule has 5 heteroatoms. The summed E-state index contributed by atoms with van der Waals surface area (Å²) in [7, 11) is 1.61. The molecule has 0 spiro atoms. The van der Waals surface area contributed by atoms with Crippen molar-refractivity contribution in [3.05, 3.63) is 18.3 Å². The lowest BCUT2D eigenvalue weighted by atomic mass is 10.3. The third-order valence-electron chi connectivity index (χ3n) is 2.01. The Hall–Kier alpha value is -1.36. The van der Waals surface area contributed by atoms with Gasteiger partial charge in [-0.1, -0.05) is 32.5 Å². The van der Waals surface area contributed by atoms with Crippen LogP contribution in [0.4, 0.5) is 0 Å².